The van der Waals surface area contributed by atoms with Gasteiger partial charge in [-0.1, -0.05) is 0 Å². The molecule has 2 heterocycles. The third-order valence-electron chi connectivity index (χ3n) is 3.00. The van der Waals surface area contributed by atoms with Gasteiger partial charge in [0.05, 0.1) is 11.9 Å². The first kappa shape index (κ1) is 12.3. The number of nitrogens with zero attached hydrogens (tertiary/aromatic N) is 3. The average molecular weight is 254 g/mol. The Morgan fingerprint density at radius 1 is 1.71 bits per heavy atom. The third-order valence-corrected chi connectivity index (χ3v) is 4.19. The molecule has 1 aromatic heterocycles. The number of nitrogen functional groups attached to an aromatic ring is 1. The average Bonchev–Trinajstić information content (AvgIpc) is 2.70. The van der Waals surface area contributed by atoms with Crippen molar-refractivity contribution < 1.29 is 4.79 Å². The minimum atomic E-state index is 0.00894. The zero-order valence-electron chi connectivity index (χ0n) is 10.2. The van der Waals surface area contributed by atoms with Crippen LogP contribution in [0.4, 0.5) is 5.69 Å². The summed E-state index contributed by atoms with van der Waals surface area (Å²) in [7, 11) is 0. The van der Waals surface area contributed by atoms with E-state index >= 15 is 0 Å². The van der Waals surface area contributed by atoms with E-state index in [1.807, 2.05) is 23.6 Å². The first-order valence-corrected chi connectivity index (χ1v) is 7.00. The van der Waals surface area contributed by atoms with E-state index < -0.39 is 0 Å². The molecule has 94 valence electrons. The molecule has 1 amide bonds. The standard InChI is InChI=1S/C11H18N4OS/c1-3-15-10(9(12)6-13-15)11(16)14-4-5-17-7-8(14)2/h6,8H,3-5,7,12H2,1-2H3. The zero-order valence-corrected chi connectivity index (χ0v) is 11.0. The van der Waals surface area contributed by atoms with E-state index in [1.165, 1.54) is 0 Å². The Labute approximate surface area is 105 Å². The van der Waals surface area contributed by atoms with Gasteiger partial charge in [-0.15, -0.1) is 0 Å². The summed E-state index contributed by atoms with van der Waals surface area (Å²) >= 11 is 1.89. The van der Waals surface area contributed by atoms with E-state index in [-0.39, 0.29) is 11.9 Å². The van der Waals surface area contributed by atoms with E-state index in [0.717, 1.165) is 18.1 Å². The summed E-state index contributed by atoms with van der Waals surface area (Å²) in [6.07, 6.45) is 1.56. The van der Waals surface area contributed by atoms with Gasteiger partial charge in [-0.25, -0.2) is 0 Å². The summed E-state index contributed by atoms with van der Waals surface area (Å²) in [5.74, 6) is 2.00. The maximum atomic E-state index is 12.4. The maximum absolute atomic E-state index is 12.4. The van der Waals surface area contributed by atoms with Crippen LogP contribution in [0.5, 0.6) is 0 Å². The van der Waals surface area contributed by atoms with Crippen LogP contribution in [0.1, 0.15) is 24.3 Å². The molecule has 1 atom stereocenters. The quantitative estimate of drug-likeness (QED) is 0.857. The molecule has 0 radical (unpaired) electrons. The Morgan fingerprint density at radius 2 is 2.47 bits per heavy atom. The number of hydrogen-bond acceptors (Lipinski definition) is 4. The smallest absolute Gasteiger partial charge is 0.274 e. The highest BCUT2D eigenvalue weighted by molar-refractivity contribution is 7.99. The van der Waals surface area contributed by atoms with Gasteiger partial charge in [-0.2, -0.15) is 16.9 Å². The van der Waals surface area contributed by atoms with Crippen molar-refractivity contribution in [2.45, 2.75) is 26.4 Å². The van der Waals surface area contributed by atoms with Gasteiger partial charge in [-0.05, 0) is 13.8 Å². The Hall–Kier alpha value is -1.17. The lowest BCUT2D eigenvalue weighted by Gasteiger charge is -2.33. The van der Waals surface area contributed by atoms with Crippen LogP contribution < -0.4 is 5.73 Å². The molecule has 0 aromatic carbocycles. The predicted octanol–water partition coefficient (Wildman–Crippen LogP) is 1.06. The van der Waals surface area contributed by atoms with Crippen molar-refractivity contribution in [3.63, 3.8) is 0 Å². The van der Waals surface area contributed by atoms with E-state index in [9.17, 15) is 4.79 Å². The second kappa shape index (κ2) is 5.00. The van der Waals surface area contributed by atoms with E-state index in [0.29, 0.717) is 17.9 Å². The molecule has 17 heavy (non-hydrogen) atoms. The van der Waals surface area contributed by atoms with Crippen LogP contribution in [0, 0.1) is 0 Å². The molecule has 5 nitrogen and oxygen atoms in total. The summed E-state index contributed by atoms with van der Waals surface area (Å²) in [6, 6.07) is 0.265. The zero-order chi connectivity index (χ0) is 12.4. The normalized spacial score (nSPS) is 20.6. The predicted molar refractivity (Wildman–Crippen MR) is 70.1 cm³/mol. The summed E-state index contributed by atoms with van der Waals surface area (Å²) in [5, 5.41) is 4.11. The van der Waals surface area contributed by atoms with Gasteiger partial charge in [-0.3, -0.25) is 9.48 Å². The molecule has 6 heteroatoms. The first-order valence-electron chi connectivity index (χ1n) is 5.85. The number of hydrogen-bond donors (Lipinski definition) is 1. The maximum Gasteiger partial charge on any atom is 0.274 e. The number of aromatic nitrogens is 2. The Bertz CT molecular complexity index is 418. The van der Waals surface area contributed by atoms with Crippen LogP contribution in [0.15, 0.2) is 6.20 Å². The van der Waals surface area contributed by atoms with Gasteiger partial charge >= 0.3 is 0 Å². The SMILES string of the molecule is CCn1ncc(N)c1C(=O)N1CCSCC1C. The Balaban J connectivity index is 2.26. The van der Waals surface area contributed by atoms with Crippen molar-refractivity contribution in [3.05, 3.63) is 11.9 Å². The number of anilines is 1. The highest BCUT2D eigenvalue weighted by Crippen LogP contribution is 2.21. The number of carbonyl (C=O) groups is 1. The van der Waals surface area contributed by atoms with Crippen LogP contribution in [-0.2, 0) is 6.54 Å². The summed E-state index contributed by atoms with van der Waals surface area (Å²) in [4.78, 5) is 14.3. The minimum absolute atomic E-state index is 0.00894. The molecule has 1 aliphatic rings. The van der Waals surface area contributed by atoms with E-state index in [1.54, 1.807) is 10.9 Å². The molecule has 1 unspecified atom stereocenters. The van der Waals surface area contributed by atoms with Gasteiger partial charge in [0, 0.05) is 30.6 Å². The highest BCUT2D eigenvalue weighted by atomic mass is 32.2. The lowest BCUT2D eigenvalue weighted by atomic mass is 10.2. The van der Waals surface area contributed by atoms with Crippen LogP contribution in [0.2, 0.25) is 0 Å². The van der Waals surface area contributed by atoms with Crippen molar-refractivity contribution >= 4 is 23.4 Å². The summed E-state index contributed by atoms with van der Waals surface area (Å²) < 4.78 is 1.67. The van der Waals surface area contributed by atoms with Crippen LogP contribution in [-0.4, -0.2) is 44.7 Å². The Morgan fingerprint density at radius 3 is 3.12 bits per heavy atom. The fraction of sp³-hybridized carbons (Fsp3) is 0.636. The van der Waals surface area contributed by atoms with Gasteiger partial charge in [0.1, 0.15) is 5.69 Å². The second-order valence-corrected chi connectivity index (χ2v) is 5.34. The lowest BCUT2D eigenvalue weighted by Crippen LogP contribution is -2.45. The topological polar surface area (TPSA) is 64.2 Å². The van der Waals surface area contributed by atoms with Crippen molar-refractivity contribution in [2.75, 3.05) is 23.8 Å². The molecule has 1 aromatic rings. The second-order valence-electron chi connectivity index (χ2n) is 4.19. The monoisotopic (exact) mass is 254 g/mol. The molecular weight excluding hydrogens is 236 g/mol. The minimum Gasteiger partial charge on any atom is -0.396 e. The number of thioether (sulfide) groups is 1. The molecule has 1 aliphatic heterocycles. The molecule has 1 saturated heterocycles. The van der Waals surface area contributed by atoms with Crippen LogP contribution >= 0.6 is 11.8 Å². The van der Waals surface area contributed by atoms with Gasteiger partial charge in [0.15, 0.2) is 0 Å². The van der Waals surface area contributed by atoms with Gasteiger partial charge < -0.3 is 10.6 Å². The molecule has 0 spiro atoms. The van der Waals surface area contributed by atoms with Crippen molar-refractivity contribution in [1.82, 2.24) is 14.7 Å². The van der Waals surface area contributed by atoms with Crippen molar-refractivity contribution in [1.29, 1.82) is 0 Å². The summed E-state index contributed by atoms with van der Waals surface area (Å²) in [6.45, 7) is 5.49. The summed E-state index contributed by atoms with van der Waals surface area (Å²) in [5.41, 5.74) is 6.84. The largest absolute Gasteiger partial charge is 0.396 e. The fourth-order valence-corrected chi connectivity index (χ4v) is 3.05. The molecular formula is C11H18N4OS. The molecule has 0 saturated carbocycles. The van der Waals surface area contributed by atoms with Crippen LogP contribution in [0.3, 0.4) is 0 Å². The van der Waals surface area contributed by atoms with Crippen molar-refractivity contribution in [2.24, 2.45) is 0 Å². The van der Waals surface area contributed by atoms with Crippen LogP contribution in [0.25, 0.3) is 0 Å². The number of nitrogens with two attached hydrogens (primary N) is 1. The van der Waals surface area contributed by atoms with E-state index in [4.69, 9.17) is 5.73 Å². The Kier molecular flexibility index (Phi) is 3.61. The molecule has 1 fully saturated rings. The van der Waals surface area contributed by atoms with E-state index in [2.05, 4.69) is 12.0 Å². The molecule has 2 rings (SSSR count). The fourth-order valence-electron chi connectivity index (χ4n) is 2.04. The number of aryl methyl sites for hydroxylation is 1. The number of carbonyl (C=O) groups excluding carboxylic acids is 1. The number of rotatable bonds is 2. The molecule has 2 N–H and O–H groups in total. The lowest BCUT2D eigenvalue weighted by molar-refractivity contribution is 0.0704. The molecule has 0 aliphatic carbocycles. The number of amides is 1. The van der Waals surface area contributed by atoms with Crippen molar-refractivity contribution in [3.8, 4) is 0 Å². The molecule has 0 bridgehead atoms. The third kappa shape index (κ3) is 2.26. The van der Waals surface area contributed by atoms with Gasteiger partial charge in [0.2, 0.25) is 0 Å². The van der Waals surface area contributed by atoms with Gasteiger partial charge in [0.25, 0.3) is 5.91 Å². The first-order chi connectivity index (χ1) is 8.15. The highest BCUT2D eigenvalue weighted by Gasteiger charge is 2.28.